The van der Waals surface area contributed by atoms with Crippen LogP contribution in [-0.2, 0) is 0 Å². The summed E-state index contributed by atoms with van der Waals surface area (Å²) in [5.74, 6) is 0. The average molecular weight is 172 g/mol. The Morgan fingerprint density at radius 3 is 2.23 bits per heavy atom. The molecule has 0 unspecified atom stereocenters. The lowest BCUT2D eigenvalue weighted by atomic mass is 10.1. The highest BCUT2D eigenvalue weighted by atomic mass is 13.9. The fourth-order valence-corrected chi connectivity index (χ4v) is 1.03. The van der Waals surface area contributed by atoms with Crippen molar-refractivity contribution in [1.29, 1.82) is 0 Å². The van der Waals surface area contributed by atoms with Gasteiger partial charge in [-0.3, -0.25) is 0 Å². The third-order valence-electron chi connectivity index (χ3n) is 1.80. The maximum Gasteiger partial charge on any atom is -0.0256 e. The van der Waals surface area contributed by atoms with E-state index in [1.165, 1.54) is 16.7 Å². The lowest BCUT2D eigenvalue weighted by Crippen LogP contribution is -1.72. The molecule has 0 aliphatic rings. The van der Waals surface area contributed by atoms with Crippen molar-refractivity contribution in [3.8, 4) is 0 Å². The standard InChI is InChI=1S/C13H16/c1-11(2)5-4-6-13-9-7-12(3)8-10-13/h4-10H,1-3H3. The summed E-state index contributed by atoms with van der Waals surface area (Å²) in [7, 11) is 0. The summed E-state index contributed by atoms with van der Waals surface area (Å²) in [6.07, 6.45) is 6.31. The normalized spacial score (nSPS) is 10.4. The highest BCUT2D eigenvalue weighted by Gasteiger charge is 1.84. The number of aryl methyl sites for hydroxylation is 1. The molecule has 0 radical (unpaired) electrons. The van der Waals surface area contributed by atoms with Crippen molar-refractivity contribution in [1.82, 2.24) is 0 Å². The Morgan fingerprint density at radius 2 is 1.69 bits per heavy atom. The van der Waals surface area contributed by atoms with Crippen molar-refractivity contribution in [3.05, 3.63) is 53.1 Å². The van der Waals surface area contributed by atoms with Crippen molar-refractivity contribution >= 4 is 6.08 Å². The predicted molar refractivity (Wildman–Crippen MR) is 59.6 cm³/mol. The van der Waals surface area contributed by atoms with Crippen LogP contribution < -0.4 is 0 Å². The van der Waals surface area contributed by atoms with Gasteiger partial charge in [0.25, 0.3) is 0 Å². The number of hydrogen-bond donors (Lipinski definition) is 0. The summed E-state index contributed by atoms with van der Waals surface area (Å²) < 4.78 is 0. The molecule has 1 aromatic rings. The van der Waals surface area contributed by atoms with E-state index in [2.05, 4.69) is 63.3 Å². The van der Waals surface area contributed by atoms with E-state index in [9.17, 15) is 0 Å². The minimum atomic E-state index is 1.25. The van der Waals surface area contributed by atoms with E-state index < -0.39 is 0 Å². The molecular formula is C13H16. The van der Waals surface area contributed by atoms with Crippen LogP contribution in [-0.4, -0.2) is 0 Å². The van der Waals surface area contributed by atoms with E-state index in [1.54, 1.807) is 0 Å². The van der Waals surface area contributed by atoms with Crippen molar-refractivity contribution in [2.45, 2.75) is 20.8 Å². The van der Waals surface area contributed by atoms with Gasteiger partial charge in [-0.15, -0.1) is 0 Å². The summed E-state index contributed by atoms with van der Waals surface area (Å²) >= 11 is 0. The Balaban J connectivity index is 2.70. The number of rotatable bonds is 2. The van der Waals surface area contributed by atoms with Gasteiger partial charge < -0.3 is 0 Å². The van der Waals surface area contributed by atoms with E-state index in [-0.39, 0.29) is 0 Å². The number of benzene rings is 1. The van der Waals surface area contributed by atoms with Crippen molar-refractivity contribution in [2.75, 3.05) is 0 Å². The monoisotopic (exact) mass is 172 g/mol. The molecule has 0 spiro atoms. The lowest BCUT2D eigenvalue weighted by molar-refractivity contribution is 1.39. The van der Waals surface area contributed by atoms with Crippen LogP contribution in [0.1, 0.15) is 25.0 Å². The van der Waals surface area contributed by atoms with E-state index in [1.807, 2.05) is 0 Å². The summed E-state index contributed by atoms with van der Waals surface area (Å²) in [6.45, 7) is 6.29. The molecule has 0 nitrogen and oxygen atoms in total. The summed E-state index contributed by atoms with van der Waals surface area (Å²) in [5.41, 5.74) is 3.88. The molecular weight excluding hydrogens is 156 g/mol. The van der Waals surface area contributed by atoms with Gasteiger partial charge in [-0.25, -0.2) is 0 Å². The van der Waals surface area contributed by atoms with E-state index >= 15 is 0 Å². The fraction of sp³-hybridized carbons (Fsp3) is 0.231. The van der Waals surface area contributed by atoms with E-state index in [4.69, 9.17) is 0 Å². The zero-order valence-corrected chi connectivity index (χ0v) is 8.54. The Labute approximate surface area is 80.6 Å². The molecule has 0 N–H and O–H groups in total. The van der Waals surface area contributed by atoms with E-state index in [0.717, 1.165) is 0 Å². The van der Waals surface area contributed by atoms with Crippen LogP contribution in [0, 0.1) is 6.92 Å². The van der Waals surface area contributed by atoms with Gasteiger partial charge in [0.2, 0.25) is 0 Å². The second-order valence-corrected chi connectivity index (χ2v) is 3.51. The molecule has 0 aliphatic heterocycles. The zero-order valence-electron chi connectivity index (χ0n) is 8.54. The molecule has 0 atom stereocenters. The van der Waals surface area contributed by atoms with Crippen LogP contribution in [0.5, 0.6) is 0 Å². The summed E-state index contributed by atoms with van der Waals surface area (Å²) in [6, 6.07) is 8.51. The molecule has 0 amide bonds. The van der Waals surface area contributed by atoms with Gasteiger partial charge in [0.15, 0.2) is 0 Å². The van der Waals surface area contributed by atoms with E-state index in [0.29, 0.717) is 0 Å². The van der Waals surface area contributed by atoms with Crippen LogP contribution >= 0.6 is 0 Å². The second-order valence-electron chi connectivity index (χ2n) is 3.51. The van der Waals surface area contributed by atoms with Crippen LogP contribution in [0.4, 0.5) is 0 Å². The SMILES string of the molecule is CC(C)=CC=Cc1ccc(C)cc1. The molecule has 13 heavy (non-hydrogen) atoms. The van der Waals surface area contributed by atoms with Crippen LogP contribution in [0.15, 0.2) is 42.0 Å². The largest absolute Gasteiger partial charge is 0.0764 e. The summed E-state index contributed by atoms with van der Waals surface area (Å²) in [5, 5.41) is 0. The zero-order chi connectivity index (χ0) is 9.68. The number of allylic oxidation sites excluding steroid dienone is 3. The Hall–Kier alpha value is -1.30. The maximum atomic E-state index is 2.13. The molecule has 0 saturated heterocycles. The molecule has 0 aliphatic carbocycles. The minimum Gasteiger partial charge on any atom is -0.0764 e. The van der Waals surface area contributed by atoms with Gasteiger partial charge >= 0.3 is 0 Å². The molecule has 0 aromatic heterocycles. The van der Waals surface area contributed by atoms with Gasteiger partial charge in [0.05, 0.1) is 0 Å². The summed E-state index contributed by atoms with van der Waals surface area (Å²) in [4.78, 5) is 0. The lowest BCUT2D eigenvalue weighted by Gasteiger charge is -1.93. The molecule has 0 saturated carbocycles. The highest BCUT2D eigenvalue weighted by Crippen LogP contribution is 2.05. The Morgan fingerprint density at radius 1 is 1.08 bits per heavy atom. The van der Waals surface area contributed by atoms with Crippen LogP contribution in [0.25, 0.3) is 6.08 Å². The Kier molecular flexibility index (Phi) is 3.51. The Bertz CT molecular complexity index is 308. The average Bonchev–Trinajstić information content (AvgIpc) is 2.08. The highest BCUT2D eigenvalue weighted by molar-refractivity contribution is 5.51. The fourth-order valence-electron chi connectivity index (χ4n) is 1.03. The third kappa shape index (κ3) is 3.75. The van der Waals surface area contributed by atoms with Gasteiger partial charge in [-0.05, 0) is 26.3 Å². The quantitative estimate of drug-likeness (QED) is 0.592. The molecule has 68 valence electrons. The smallest absolute Gasteiger partial charge is 0.0256 e. The predicted octanol–water partition coefficient (Wildman–Crippen LogP) is 3.97. The van der Waals surface area contributed by atoms with Crippen LogP contribution in [0.2, 0.25) is 0 Å². The molecule has 0 bridgehead atoms. The first-order valence-electron chi connectivity index (χ1n) is 4.57. The van der Waals surface area contributed by atoms with Crippen molar-refractivity contribution < 1.29 is 0 Å². The first kappa shape index (κ1) is 9.79. The van der Waals surface area contributed by atoms with Crippen LogP contribution in [0.3, 0.4) is 0 Å². The molecule has 1 rings (SSSR count). The first-order valence-corrected chi connectivity index (χ1v) is 4.57. The third-order valence-corrected chi connectivity index (χ3v) is 1.80. The number of hydrogen-bond acceptors (Lipinski definition) is 0. The second kappa shape index (κ2) is 4.66. The minimum absolute atomic E-state index is 1.25. The topological polar surface area (TPSA) is 0 Å². The van der Waals surface area contributed by atoms with Gasteiger partial charge in [0.1, 0.15) is 0 Å². The molecule has 0 heteroatoms. The van der Waals surface area contributed by atoms with Gasteiger partial charge in [-0.1, -0.05) is 53.6 Å². The van der Waals surface area contributed by atoms with Gasteiger partial charge in [0, 0.05) is 0 Å². The maximum absolute atomic E-state index is 2.13. The van der Waals surface area contributed by atoms with Crippen molar-refractivity contribution in [2.24, 2.45) is 0 Å². The first-order chi connectivity index (χ1) is 6.18. The van der Waals surface area contributed by atoms with Crippen molar-refractivity contribution in [3.63, 3.8) is 0 Å². The molecule has 0 fully saturated rings. The molecule has 0 heterocycles. The van der Waals surface area contributed by atoms with Gasteiger partial charge in [-0.2, -0.15) is 0 Å². The molecule has 1 aromatic carbocycles.